The van der Waals surface area contributed by atoms with Gasteiger partial charge in [0.1, 0.15) is 12.2 Å². The Balaban J connectivity index is 4.42. The average Bonchev–Trinajstić information content (AvgIpc) is 2.31. The second kappa shape index (κ2) is 7.17. The lowest BCUT2D eigenvalue weighted by atomic mass is 10.0. The highest BCUT2D eigenvalue weighted by molar-refractivity contribution is 5.76. The van der Waals surface area contributed by atoms with Crippen molar-refractivity contribution < 1.29 is 39.9 Å². The van der Waals surface area contributed by atoms with E-state index in [2.05, 4.69) is 4.74 Å². The van der Waals surface area contributed by atoms with Crippen molar-refractivity contribution in [3.05, 3.63) is 0 Å². The Hall–Kier alpha value is -1.22. The van der Waals surface area contributed by atoms with Gasteiger partial charge in [0.2, 0.25) is 0 Å². The molecule has 0 bridgehead atoms. The van der Waals surface area contributed by atoms with Gasteiger partial charge >= 0.3 is 11.9 Å². The minimum atomic E-state index is -2.31. The normalized spacial score (nSPS) is 17.9. The largest absolute Gasteiger partial charge is 0.479 e. The molecule has 0 aliphatic heterocycles. The lowest BCUT2D eigenvalue weighted by molar-refractivity contribution is -0.176. The first-order valence-corrected chi connectivity index (χ1v) is 4.94. The summed E-state index contributed by atoms with van der Waals surface area (Å²) in [7, 11) is 0. The van der Waals surface area contributed by atoms with E-state index in [1.807, 2.05) is 0 Å². The molecule has 0 amide bonds. The van der Waals surface area contributed by atoms with Crippen molar-refractivity contribution in [3.63, 3.8) is 0 Å². The van der Waals surface area contributed by atoms with Crippen molar-refractivity contribution in [3.8, 4) is 0 Å². The Morgan fingerprint density at radius 3 is 1.94 bits per heavy atom. The number of aliphatic carboxylic acids is 1. The molecule has 5 N–H and O–H groups in total. The third-order valence-corrected chi connectivity index (χ3v) is 1.94. The maximum Gasteiger partial charge on any atom is 0.337 e. The predicted molar refractivity (Wildman–Crippen MR) is 52.9 cm³/mol. The number of aliphatic hydroxyl groups excluding tert-OH is 4. The number of ether oxygens (including phenoxy) is 1. The smallest absolute Gasteiger partial charge is 0.337 e. The Morgan fingerprint density at radius 1 is 1.06 bits per heavy atom. The summed E-state index contributed by atoms with van der Waals surface area (Å²) in [5.41, 5.74) is 0. The third kappa shape index (κ3) is 4.65. The summed E-state index contributed by atoms with van der Waals surface area (Å²) >= 11 is 0. The summed E-state index contributed by atoms with van der Waals surface area (Å²) in [5, 5.41) is 44.9. The highest BCUT2D eigenvalue weighted by Gasteiger charge is 2.38. The molecule has 0 saturated carbocycles. The molecule has 8 nitrogen and oxygen atoms in total. The van der Waals surface area contributed by atoms with Crippen molar-refractivity contribution in [2.45, 2.75) is 37.8 Å². The van der Waals surface area contributed by atoms with Gasteiger partial charge in [0.15, 0.2) is 12.2 Å². The Bertz CT molecular complexity index is 266. The fourth-order valence-electron chi connectivity index (χ4n) is 0.947. The summed E-state index contributed by atoms with van der Waals surface area (Å²) in [6, 6.07) is 0. The van der Waals surface area contributed by atoms with E-state index >= 15 is 0 Å². The van der Waals surface area contributed by atoms with Gasteiger partial charge in [0, 0.05) is 0 Å². The van der Waals surface area contributed by atoms with Crippen molar-refractivity contribution >= 4 is 11.9 Å². The van der Waals surface area contributed by atoms with Gasteiger partial charge in [-0.1, -0.05) is 6.92 Å². The van der Waals surface area contributed by atoms with Crippen LogP contribution in [0.3, 0.4) is 0 Å². The number of esters is 1. The summed E-state index contributed by atoms with van der Waals surface area (Å²) in [4.78, 5) is 21.4. The van der Waals surface area contributed by atoms with Crippen LogP contribution in [0, 0.1) is 0 Å². The molecule has 0 saturated heterocycles. The minimum Gasteiger partial charge on any atom is -0.479 e. The first kappa shape index (κ1) is 15.8. The van der Waals surface area contributed by atoms with Gasteiger partial charge in [-0.05, 0) is 6.42 Å². The molecule has 0 rings (SSSR count). The van der Waals surface area contributed by atoms with Gasteiger partial charge in [0.05, 0.1) is 6.61 Å². The summed E-state index contributed by atoms with van der Waals surface area (Å²) in [6.07, 6.45) is -8.28. The molecule has 0 fully saturated rings. The van der Waals surface area contributed by atoms with Crippen molar-refractivity contribution in [1.29, 1.82) is 0 Å². The van der Waals surface area contributed by atoms with Crippen molar-refractivity contribution in [1.82, 2.24) is 0 Å². The van der Waals surface area contributed by atoms with E-state index in [-0.39, 0.29) is 6.61 Å². The average molecular weight is 252 g/mol. The molecule has 17 heavy (non-hydrogen) atoms. The van der Waals surface area contributed by atoms with Gasteiger partial charge in [-0.2, -0.15) is 0 Å². The molecule has 0 aliphatic rings. The second-order valence-electron chi connectivity index (χ2n) is 3.38. The summed E-state index contributed by atoms with van der Waals surface area (Å²) < 4.78 is 4.48. The van der Waals surface area contributed by atoms with E-state index in [0.717, 1.165) is 0 Å². The Kier molecular flexibility index (Phi) is 6.66. The molecule has 0 spiro atoms. The van der Waals surface area contributed by atoms with Crippen LogP contribution < -0.4 is 0 Å². The summed E-state index contributed by atoms with van der Waals surface area (Å²) in [6.45, 7) is 1.72. The van der Waals surface area contributed by atoms with Gasteiger partial charge in [0.25, 0.3) is 0 Å². The van der Waals surface area contributed by atoms with Crippen LogP contribution in [0.2, 0.25) is 0 Å². The molecule has 4 atom stereocenters. The van der Waals surface area contributed by atoms with Gasteiger partial charge in [-0.25, -0.2) is 9.59 Å². The number of rotatable bonds is 7. The van der Waals surface area contributed by atoms with Crippen LogP contribution in [0.25, 0.3) is 0 Å². The zero-order chi connectivity index (χ0) is 13.6. The summed E-state index contributed by atoms with van der Waals surface area (Å²) in [5.74, 6) is -2.98. The van der Waals surface area contributed by atoms with Crippen molar-refractivity contribution in [2.24, 2.45) is 0 Å². The number of carboxylic acid groups (broad SMARTS) is 1. The maximum absolute atomic E-state index is 11.1. The fourth-order valence-corrected chi connectivity index (χ4v) is 0.947. The van der Waals surface area contributed by atoms with Crippen LogP contribution in [0.15, 0.2) is 0 Å². The highest BCUT2D eigenvalue weighted by Crippen LogP contribution is 2.07. The molecule has 8 heteroatoms. The number of hydrogen-bond acceptors (Lipinski definition) is 7. The SMILES string of the molecule is CCCOC(=O)[C@@H](O)[C@H](O)[C@H](O)[C@@H](O)C(=O)O. The molecule has 0 radical (unpaired) electrons. The Labute approximate surface area is 97.1 Å². The number of carboxylic acids is 1. The third-order valence-electron chi connectivity index (χ3n) is 1.94. The highest BCUT2D eigenvalue weighted by atomic mass is 16.5. The van der Waals surface area contributed by atoms with E-state index in [0.29, 0.717) is 6.42 Å². The lowest BCUT2D eigenvalue weighted by Crippen LogP contribution is -2.50. The first-order valence-electron chi connectivity index (χ1n) is 4.94. The minimum absolute atomic E-state index is 0.0141. The number of carbonyl (C=O) groups is 2. The second-order valence-corrected chi connectivity index (χ2v) is 3.38. The molecular formula is C9H16O8. The standard InChI is InChI=1S/C9H16O8/c1-2-3-17-9(16)7(13)5(11)4(10)6(12)8(14)15/h4-7,10-13H,2-3H2,1H3,(H,14,15)/t4-,5+,6+,7-/m0/s1. The van der Waals surface area contributed by atoms with Crippen LogP contribution in [0.1, 0.15) is 13.3 Å². The van der Waals surface area contributed by atoms with Gasteiger partial charge < -0.3 is 30.3 Å². The maximum atomic E-state index is 11.1. The first-order chi connectivity index (χ1) is 7.82. The molecular weight excluding hydrogens is 236 g/mol. The van der Waals surface area contributed by atoms with E-state index in [1.54, 1.807) is 6.92 Å². The van der Waals surface area contributed by atoms with Crippen LogP contribution in [0.5, 0.6) is 0 Å². The molecule has 0 aromatic carbocycles. The van der Waals surface area contributed by atoms with Gasteiger partial charge in [-0.15, -0.1) is 0 Å². The van der Waals surface area contributed by atoms with E-state index < -0.39 is 36.4 Å². The number of hydrogen-bond donors (Lipinski definition) is 5. The van der Waals surface area contributed by atoms with Crippen LogP contribution >= 0.6 is 0 Å². The lowest BCUT2D eigenvalue weighted by Gasteiger charge is -2.23. The molecule has 100 valence electrons. The fraction of sp³-hybridized carbons (Fsp3) is 0.778. The van der Waals surface area contributed by atoms with E-state index in [9.17, 15) is 19.8 Å². The molecule has 0 aliphatic carbocycles. The predicted octanol–water partition coefficient (Wildman–Crippen LogP) is -2.53. The zero-order valence-corrected chi connectivity index (χ0v) is 9.18. The Morgan fingerprint density at radius 2 is 1.53 bits per heavy atom. The quantitative estimate of drug-likeness (QED) is 0.312. The molecule has 0 aromatic heterocycles. The molecule has 0 unspecified atom stereocenters. The monoisotopic (exact) mass is 252 g/mol. The van der Waals surface area contributed by atoms with E-state index in [1.165, 1.54) is 0 Å². The van der Waals surface area contributed by atoms with Crippen LogP contribution in [0.4, 0.5) is 0 Å². The van der Waals surface area contributed by atoms with Crippen LogP contribution in [-0.2, 0) is 14.3 Å². The van der Waals surface area contributed by atoms with Gasteiger partial charge in [-0.3, -0.25) is 0 Å². The number of carbonyl (C=O) groups excluding carboxylic acids is 1. The van der Waals surface area contributed by atoms with Crippen molar-refractivity contribution in [2.75, 3.05) is 6.61 Å². The molecule has 0 heterocycles. The van der Waals surface area contributed by atoms with E-state index in [4.69, 9.17) is 15.3 Å². The van der Waals surface area contributed by atoms with Crippen LogP contribution in [-0.4, -0.2) is 68.5 Å². The topological polar surface area (TPSA) is 145 Å². The number of aliphatic hydroxyl groups is 4. The zero-order valence-electron chi connectivity index (χ0n) is 9.18. The molecule has 0 aromatic rings.